The zero-order valence-corrected chi connectivity index (χ0v) is 11.6. The average molecular weight is 274 g/mol. The van der Waals surface area contributed by atoms with Crippen molar-refractivity contribution < 1.29 is 0 Å². The number of hydrogen-bond acceptors (Lipinski definition) is 4. The number of fused-ring (bicyclic) bond motifs is 1. The molecule has 0 aliphatic carbocycles. The van der Waals surface area contributed by atoms with E-state index in [2.05, 4.69) is 21.5 Å². The van der Waals surface area contributed by atoms with Crippen molar-refractivity contribution in [2.45, 2.75) is 19.4 Å². The second-order valence-electron chi connectivity index (χ2n) is 4.68. The molecule has 1 atom stereocenters. The van der Waals surface area contributed by atoms with E-state index in [1.165, 1.54) is 5.56 Å². The van der Waals surface area contributed by atoms with Gasteiger partial charge in [-0.1, -0.05) is 0 Å². The van der Waals surface area contributed by atoms with Gasteiger partial charge >= 0.3 is 0 Å². The third-order valence-corrected chi connectivity index (χ3v) is 3.89. The Balaban J connectivity index is 2.00. The van der Waals surface area contributed by atoms with Crippen molar-refractivity contribution in [3.05, 3.63) is 45.3 Å². The Morgan fingerprint density at radius 1 is 1.47 bits per heavy atom. The predicted molar refractivity (Wildman–Crippen MR) is 75.5 cm³/mol. The summed E-state index contributed by atoms with van der Waals surface area (Å²) >= 11 is 1.67. The summed E-state index contributed by atoms with van der Waals surface area (Å²) in [4.78, 5) is 16.7. The minimum absolute atomic E-state index is 0.0704. The molecule has 19 heavy (non-hydrogen) atoms. The summed E-state index contributed by atoms with van der Waals surface area (Å²) in [6, 6.07) is 2.15. The van der Waals surface area contributed by atoms with Gasteiger partial charge in [-0.3, -0.25) is 14.0 Å². The Hall–Kier alpha value is -1.95. The molecule has 5 nitrogen and oxygen atoms in total. The van der Waals surface area contributed by atoms with E-state index in [1.54, 1.807) is 40.2 Å². The van der Waals surface area contributed by atoms with Gasteiger partial charge in [-0.25, -0.2) is 4.98 Å². The molecule has 0 spiro atoms. The van der Waals surface area contributed by atoms with E-state index in [0.717, 1.165) is 6.42 Å². The largest absolute Gasteiger partial charge is 0.294 e. The number of hydrogen-bond donors (Lipinski definition) is 0. The number of aromatic nitrogens is 4. The van der Waals surface area contributed by atoms with Crippen molar-refractivity contribution in [3.8, 4) is 0 Å². The number of rotatable bonds is 3. The second kappa shape index (κ2) is 4.62. The van der Waals surface area contributed by atoms with Gasteiger partial charge in [-0.05, 0) is 35.7 Å². The van der Waals surface area contributed by atoms with Crippen LogP contribution in [0.15, 0.2) is 34.1 Å². The third-order valence-electron chi connectivity index (χ3n) is 3.15. The maximum Gasteiger partial charge on any atom is 0.281 e. The molecule has 0 aliphatic heterocycles. The quantitative estimate of drug-likeness (QED) is 0.734. The fraction of sp³-hybridized carbons (Fsp3) is 0.308. The maximum atomic E-state index is 12.4. The molecule has 0 unspecified atom stereocenters. The lowest BCUT2D eigenvalue weighted by Gasteiger charge is -2.13. The molecular formula is C13H14N4OS. The van der Waals surface area contributed by atoms with Crippen LogP contribution in [-0.4, -0.2) is 19.3 Å². The van der Waals surface area contributed by atoms with E-state index in [9.17, 15) is 4.79 Å². The summed E-state index contributed by atoms with van der Waals surface area (Å²) in [5.41, 5.74) is 2.24. The predicted octanol–water partition coefficient (Wildman–Crippen LogP) is 2.00. The summed E-state index contributed by atoms with van der Waals surface area (Å²) in [6.45, 7) is 2.02. The van der Waals surface area contributed by atoms with Crippen LogP contribution in [0.2, 0.25) is 0 Å². The highest BCUT2D eigenvalue weighted by Crippen LogP contribution is 2.15. The first-order chi connectivity index (χ1) is 9.15. The SMILES string of the molecule is C[C@H](Cc1ccsc1)n1cnc2cn(C)nc2c1=O. The lowest BCUT2D eigenvalue weighted by molar-refractivity contribution is 0.523. The maximum absolute atomic E-state index is 12.4. The normalized spacial score (nSPS) is 12.9. The van der Waals surface area contributed by atoms with E-state index in [1.807, 2.05) is 12.3 Å². The van der Waals surface area contributed by atoms with Crippen LogP contribution < -0.4 is 5.56 Å². The third kappa shape index (κ3) is 2.19. The van der Waals surface area contributed by atoms with Crippen LogP contribution in [0.25, 0.3) is 11.0 Å². The molecule has 3 aromatic rings. The van der Waals surface area contributed by atoms with Crippen molar-refractivity contribution in [1.29, 1.82) is 0 Å². The van der Waals surface area contributed by atoms with Gasteiger partial charge in [0, 0.05) is 13.1 Å². The Morgan fingerprint density at radius 3 is 3.05 bits per heavy atom. The monoisotopic (exact) mass is 274 g/mol. The molecule has 0 N–H and O–H groups in total. The van der Waals surface area contributed by atoms with Crippen molar-refractivity contribution in [1.82, 2.24) is 19.3 Å². The van der Waals surface area contributed by atoms with Gasteiger partial charge in [0.2, 0.25) is 0 Å². The van der Waals surface area contributed by atoms with Crippen LogP contribution in [0.1, 0.15) is 18.5 Å². The molecule has 0 saturated carbocycles. The fourth-order valence-corrected chi connectivity index (χ4v) is 2.87. The van der Waals surface area contributed by atoms with Crippen LogP contribution in [0.4, 0.5) is 0 Å². The molecule has 3 aromatic heterocycles. The second-order valence-corrected chi connectivity index (χ2v) is 5.46. The van der Waals surface area contributed by atoms with Crippen LogP contribution in [0, 0.1) is 0 Å². The van der Waals surface area contributed by atoms with Crippen molar-refractivity contribution >= 4 is 22.4 Å². The Labute approximate surface area is 114 Å². The summed E-state index contributed by atoms with van der Waals surface area (Å²) < 4.78 is 3.28. The van der Waals surface area contributed by atoms with Crippen LogP contribution in [0.3, 0.4) is 0 Å². The average Bonchev–Trinajstić information content (AvgIpc) is 2.98. The highest BCUT2D eigenvalue weighted by atomic mass is 32.1. The minimum atomic E-state index is -0.0756. The van der Waals surface area contributed by atoms with Crippen molar-refractivity contribution in [2.75, 3.05) is 0 Å². The van der Waals surface area contributed by atoms with Gasteiger partial charge in [0.05, 0.1) is 12.5 Å². The molecule has 0 fully saturated rings. The standard InChI is InChI=1S/C13H14N4OS/c1-9(5-10-3-4-19-7-10)17-8-14-11-6-16(2)15-12(11)13(17)18/h3-4,6-9H,5H2,1-2H3/t9-/m1/s1. The highest BCUT2D eigenvalue weighted by Gasteiger charge is 2.13. The summed E-state index contributed by atoms with van der Waals surface area (Å²) in [7, 11) is 1.79. The first kappa shape index (κ1) is 12.1. The number of thiophene rings is 1. The Kier molecular flexibility index (Phi) is 2.94. The van der Waals surface area contributed by atoms with Crippen LogP contribution in [-0.2, 0) is 13.5 Å². The van der Waals surface area contributed by atoms with E-state index < -0.39 is 0 Å². The van der Waals surface area contributed by atoms with Gasteiger partial charge in [-0.15, -0.1) is 0 Å². The molecule has 0 radical (unpaired) electrons. The first-order valence-electron chi connectivity index (χ1n) is 6.06. The summed E-state index contributed by atoms with van der Waals surface area (Å²) in [5.74, 6) is 0. The summed E-state index contributed by atoms with van der Waals surface area (Å²) in [6.07, 6.45) is 4.19. The van der Waals surface area contributed by atoms with Gasteiger partial charge in [0.15, 0.2) is 5.52 Å². The first-order valence-corrected chi connectivity index (χ1v) is 7.01. The van der Waals surface area contributed by atoms with Crippen LogP contribution in [0.5, 0.6) is 0 Å². The van der Waals surface area contributed by atoms with Gasteiger partial charge < -0.3 is 0 Å². The number of nitrogens with zero attached hydrogens (tertiary/aromatic N) is 4. The molecule has 98 valence electrons. The molecule has 3 heterocycles. The molecule has 0 bridgehead atoms. The molecular weight excluding hydrogens is 260 g/mol. The van der Waals surface area contributed by atoms with Gasteiger partial charge in [0.25, 0.3) is 5.56 Å². The Morgan fingerprint density at radius 2 is 2.32 bits per heavy atom. The van der Waals surface area contributed by atoms with E-state index >= 15 is 0 Å². The van der Waals surface area contributed by atoms with Gasteiger partial charge in [-0.2, -0.15) is 16.4 Å². The molecule has 0 aromatic carbocycles. The van der Waals surface area contributed by atoms with Crippen LogP contribution >= 0.6 is 11.3 Å². The topological polar surface area (TPSA) is 52.7 Å². The van der Waals surface area contributed by atoms with Gasteiger partial charge in [0.1, 0.15) is 5.52 Å². The lowest BCUT2D eigenvalue weighted by Crippen LogP contribution is -2.25. The lowest BCUT2D eigenvalue weighted by atomic mass is 10.1. The molecule has 0 amide bonds. The fourth-order valence-electron chi connectivity index (χ4n) is 2.18. The molecule has 6 heteroatoms. The van der Waals surface area contributed by atoms with Crippen molar-refractivity contribution in [2.24, 2.45) is 7.05 Å². The summed E-state index contributed by atoms with van der Waals surface area (Å²) in [5, 5.41) is 8.33. The van der Waals surface area contributed by atoms with E-state index in [4.69, 9.17) is 0 Å². The zero-order chi connectivity index (χ0) is 13.4. The molecule has 3 rings (SSSR count). The highest BCUT2D eigenvalue weighted by molar-refractivity contribution is 7.07. The van der Waals surface area contributed by atoms with Crippen molar-refractivity contribution in [3.63, 3.8) is 0 Å². The Bertz CT molecular complexity index is 757. The van der Waals surface area contributed by atoms with E-state index in [-0.39, 0.29) is 11.6 Å². The zero-order valence-electron chi connectivity index (χ0n) is 10.8. The molecule has 0 saturated heterocycles. The minimum Gasteiger partial charge on any atom is -0.294 e. The molecule has 0 aliphatic rings. The van der Waals surface area contributed by atoms with E-state index in [0.29, 0.717) is 11.0 Å². The smallest absolute Gasteiger partial charge is 0.281 e. The number of aryl methyl sites for hydroxylation is 1.